The van der Waals surface area contributed by atoms with E-state index in [1.165, 1.54) is 22.9 Å². The van der Waals surface area contributed by atoms with E-state index in [9.17, 15) is 31.6 Å². The molecule has 1 atom stereocenters. The largest absolute Gasteiger partial charge is 0.445 e. The molecule has 2 aliphatic heterocycles. The number of nitrogens with zero attached hydrogens (tertiary/aromatic N) is 7. The molecule has 41 heavy (non-hydrogen) atoms. The Hall–Kier alpha value is -3.33. The predicted molar refractivity (Wildman–Crippen MR) is 139 cm³/mol. The number of nitrogens with one attached hydrogen (secondary N) is 1. The minimum absolute atomic E-state index is 0.00663. The van der Waals surface area contributed by atoms with Crippen LogP contribution in [0.3, 0.4) is 0 Å². The number of hydrogen-bond acceptors (Lipinski definition) is 10. The number of piperazine rings is 1. The molecule has 0 aromatic carbocycles. The summed E-state index contributed by atoms with van der Waals surface area (Å²) < 4.78 is 76.0. The van der Waals surface area contributed by atoms with Crippen molar-refractivity contribution in [1.82, 2.24) is 29.2 Å². The molecule has 1 aliphatic carbocycles. The van der Waals surface area contributed by atoms with Gasteiger partial charge in [-0.3, -0.25) is 9.20 Å². The molecule has 17 heteroatoms. The zero-order valence-corrected chi connectivity index (χ0v) is 23.4. The molecule has 0 spiro atoms. The third kappa shape index (κ3) is 5.02. The van der Waals surface area contributed by atoms with Gasteiger partial charge in [-0.25, -0.2) is 13.4 Å². The molecular weight excluding hydrogens is 585 g/mol. The van der Waals surface area contributed by atoms with Crippen molar-refractivity contribution in [2.45, 2.75) is 54.8 Å². The SMILES string of the molecule is CC1(C(=O)N2CCN(c3cc(S(=O)(=O)NC4(C#N)CC4)cn4c(-c5nnc(C(F)(F)F)s5)ncc34)CC2)CCCO1. The molecule has 1 N–H and O–H groups in total. The van der Waals surface area contributed by atoms with Crippen molar-refractivity contribution in [2.75, 3.05) is 37.7 Å². The van der Waals surface area contributed by atoms with Crippen LogP contribution in [-0.4, -0.2) is 82.7 Å². The lowest BCUT2D eigenvalue weighted by atomic mass is 10.0. The molecule has 3 aromatic rings. The third-order valence-electron chi connectivity index (χ3n) is 7.64. The number of sulfonamides is 1. The quantitative estimate of drug-likeness (QED) is 0.445. The van der Waals surface area contributed by atoms with E-state index < -0.39 is 32.3 Å². The molecule has 12 nitrogen and oxygen atoms in total. The highest BCUT2D eigenvalue weighted by Crippen LogP contribution is 2.39. The van der Waals surface area contributed by atoms with Gasteiger partial charge in [0.15, 0.2) is 10.8 Å². The summed E-state index contributed by atoms with van der Waals surface area (Å²) in [7, 11) is -4.20. The number of rotatable bonds is 6. The molecule has 3 fully saturated rings. The molecule has 1 unspecified atom stereocenters. The molecule has 0 radical (unpaired) electrons. The first kappa shape index (κ1) is 27.8. The summed E-state index contributed by atoms with van der Waals surface area (Å²) >= 11 is 0.298. The van der Waals surface area contributed by atoms with Gasteiger partial charge in [0, 0.05) is 39.0 Å². The number of carbonyl (C=O) groups excluding carboxylic acids is 1. The van der Waals surface area contributed by atoms with Gasteiger partial charge in [0.05, 0.1) is 23.5 Å². The van der Waals surface area contributed by atoms with Crippen LogP contribution in [-0.2, 0) is 25.7 Å². The second-order valence-electron chi connectivity index (χ2n) is 10.6. The van der Waals surface area contributed by atoms with Crippen LogP contribution in [0.2, 0.25) is 0 Å². The number of halogens is 3. The Morgan fingerprint density at radius 1 is 1.20 bits per heavy atom. The zero-order valence-electron chi connectivity index (χ0n) is 21.8. The number of pyridine rings is 1. The number of carbonyl (C=O) groups is 1. The van der Waals surface area contributed by atoms with Gasteiger partial charge in [-0.15, -0.1) is 10.2 Å². The topological polar surface area (TPSA) is 146 Å². The van der Waals surface area contributed by atoms with Crippen LogP contribution in [0.1, 0.15) is 37.6 Å². The van der Waals surface area contributed by atoms with Crippen LogP contribution in [0, 0.1) is 11.3 Å². The highest BCUT2D eigenvalue weighted by molar-refractivity contribution is 7.89. The highest BCUT2D eigenvalue weighted by Gasteiger charge is 2.47. The predicted octanol–water partition coefficient (Wildman–Crippen LogP) is 2.42. The number of amides is 1. The Kier molecular flexibility index (Phi) is 6.52. The Labute approximate surface area is 236 Å². The van der Waals surface area contributed by atoms with Crippen LogP contribution in [0.15, 0.2) is 23.4 Å². The molecule has 0 bridgehead atoms. The normalized spacial score (nSPS) is 22.7. The maximum Gasteiger partial charge on any atom is 0.445 e. The van der Waals surface area contributed by atoms with Gasteiger partial charge in [-0.2, -0.15) is 23.2 Å². The first-order valence-corrected chi connectivity index (χ1v) is 15.2. The van der Waals surface area contributed by atoms with Gasteiger partial charge < -0.3 is 14.5 Å². The molecule has 6 rings (SSSR count). The average Bonchev–Trinajstić information content (AvgIpc) is 3.31. The maximum atomic E-state index is 13.4. The van der Waals surface area contributed by atoms with E-state index in [2.05, 4.69) is 19.9 Å². The number of hydrogen-bond donors (Lipinski definition) is 1. The first-order chi connectivity index (χ1) is 19.3. The van der Waals surface area contributed by atoms with Gasteiger partial charge in [-0.05, 0) is 38.7 Å². The fraction of sp³-hybridized carbons (Fsp3) is 0.542. The van der Waals surface area contributed by atoms with Gasteiger partial charge in [-0.1, -0.05) is 11.3 Å². The average molecular weight is 611 g/mol. The van der Waals surface area contributed by atoms with Crippen molar-refractivity contribution >= 4 is 38.5 Å². The number of ether oxygens (including phenoxy) is 1. The van der Waals surface area contributed by atoms with Crippen molar-refractivity contribution in [3.63, 3.8) is 0 Å². The van der Waals surface area contributed by atoms with Crippen LogP contribution >= 0.6 is 11.3 Å². The van der Waals surface area contributed by atoms with Gasteiger partial charge >= 0.3 is 6.18 Å². The summed E-state index contributed by atoms with van der Waals surface area (Å²) in [5.41, 5.74) is -1.14. The Morgan fingerprint density at radius 2 is 1.93 bits per heavy atom. The standard InChI is InChI=1S/C24H25F3N8O4S2/c1-22(3-2-10-39-22)21(36)34-8-6-33(7-9-34)16-11-15(41(37,38)32-23(14-28)4-5-23)13-35-17(16)12-29-18(35)19-30-31-20(40-19)24(25,26)27/h11-13,32H,2-10H2,1H3. The summed E-state index contributed by atoms with van der Waals surface area (Å²) in [5, 5.41) is 15.0. The van der Waals surface area contributed by atoms with Crippen molar-refractivity contribution in [2.24, 2.45) is 0 Å². The van der Waals surface area contributed by atoms with E-state index in [0.29, 0.717) is 74.6 Å². The van der Waals surface area contributed by atoms with E-state index in [4.69, 9.17) is 4.74 Å². The maximum absolute atomic E-state index is 13.4. The number of imidazole rings is 1. The summed E-state index contributed by atoms with van der Waals surface area (Å²) in [6.07, 6.45) is 0.195. The van der Waals surface area contributed by atoms with Gasteiger partial charge in [0.1, 0.15) is 16.0 Å². The molecule has 1 amide bonds. The van der Waals surface area contributed by atoms with Crippen LogP contribution in [0.5, 0.6) is 0 Å². The minimum Gasteiger partial charge on any atom is -0.366 e. The van der Waals surface area contributed by atoms with Crippen LogP contribution in [0.4, 0.5) is 18.9 Å². The minimum atomic E-state index is -4.69. The second-order valence-corrected chi connectivity index (χ2v) is 13.2. The molecule has 3 aliphatic rings. The molecular formula is C24H25F3N8O4S2. The number of anilines is 1. The number of fused-ring (bicyclic) bond motifs is 1. The van der Waals surface area contributed by atoms with Gasteiger partial charge in [0.25, 0.3) is 5.91 Å². The molecule has 3 aromatic heterocycles. The van der Waals surface area contributed by atoms with Crippen LogP contribution < -0.4 is 9.62 Å². The monoisotopic (exact) mass is 610 g/mol. The lowest BCUT2D eigenvalue weighted by Gasteiger charge is -2.39. The van der Waals surface area contributed by atoms with E-state index in [-0.39, 0.29) is 21.6 Å². The van der Waals surface area contributed by atoms with Crippen LogP contribution in [0.25, 0.3) is 16.3 Å². The van der Waals surface area contributed by atoms with Gasteiger partial charge in [0.2, 0.25) is 15.0 Å². The van der Waals surface area contributed by atoms with E-state index in [0.717, 1.165) is 6.42 Å². The molecule has 1 saturated carbocycles. The number of aromatic nitrogens is 4. The second kappa shape index (κ2) is 9.61. The lowest BCUT2D eigenvalue weighted by Crippen LogP contribution is -2.54. The fourth-order valence-corrected chi connectivity index (χ4v) is 7.25. The summed E-state index contributed by atoms with van der Waals surface area (Å²) in [6.45, 7) is 3.79. The molecule has 2 saturated heterocycles. The summed E-state index contributed by atoms with van der Waals surface area (Å²) in [5.74, 6) is -0.0947. The number of nitriles is 1. The van der Waals surface area contributed by atoms with E-state index in [1.54, 1.807) is 11.8 Å². The third-order valence-corrected chi connectivity index (χ3v) is 10.1. The molecule has 218 valence electrons. The Balaban J connectivity index is 1.37. The number of alkyl halides is 3. The first-order valence-electron chi connectivity index (χ1n) is 12.9. The van der Waals surface area contributed by atoms with Crippen molar-refractivity contribution in [3.05, 3.63) is 23.5 Å². The fourth-order valence-electron chi connectivity index (χ4n) is 5.15. The zero-order chi connectivity index (χ0) is 29.2. The Morgan fingerprint density at radius 3 is 2.51 bits per heavy atom. The lowest BCUT2D eigenvalue weighted by molar-refractivity contribution is -0.151. The van der Waals surface area contributed by atoms with E-state index >= 15 is 0 Å². The summed E-state index contributed by atoms with van der Waals surface area (Å²) in [4.78, 5) is 20.8. The highest BCUT2D eigenvalue weighted by atomic mass is 32.2. The summed E-state index contributed by atoms with van der Waals surface area (Å²) in [6, 6.07) is 3.45. The Bertz CT molecular complexity index is 1660. The van der Waals surface area contributed by atoms with Crippen molar-refractivity contribution < 1.29 is 31.1 Å². The van der Waals surface area contributed by atoms with Crippen molar-refractivity contribution in [1.29, 1.82) is 5.26 Å². The van der Waals surface area contributed by atoms with Crippen molar-refractivity contribution in [3.8, 4) is 16.9 Å². The van der Waals surface area contributed by atoms with E-state index in [1.807, 2.05) is 11.0 Å². The molecule has 5 heterocycles. The smallest absolute Gasteiger partial charge is 0.366 e.